The van der Waals surface area contributed by atoms with Gasteiger partial charge >= 0.3 is 0 Å². The van der Waals surface area contributed by atoms with E-state index >= 15 is 0 Å². The molecule has 0 spiro atoms. The number of nitrogens with one attached hydrogen (secondary N) is 5. The Kier molecular flexibility index (Phi) is 5.89. The van der Waals surface area contributed by atoms with Gasteiger partial charge in [-0.3, -0.25) is 4.79 Å². The molecule has 0 unspecified atom stereocenters. The second-order valence-electron chi connectivity index (χ2n) is 9.21. The van der Waals surface area contributed by atoms with E-state index in [4.69, 9.17) is 9.97 Å². The summed E-state index contributed by atoms with van der Waals surface area (Å²) in [5.74, 6) is 1.58. The number of hydrogen-bond donors (Lipinski definition) is 5. The first kappa shape index (κ1) is 23.5. The molecule has 0 saturated carbocycles. The van der Waals surface area contributed by atoms with E-state index in [0.29, 0.717) is 17.3 Å². The molecule has 0 radical (unpaired) electrons. The summed E-state index contributed by atoms with van der Waals surface area (Å²) in [5, 5.41) is 9.44. The Bertz CT molecular complexity index is 1770. The van der Waals surface area contributed by atoms with Gasteiger partial charge in [-0.05, 0) is 49.5 Å². The monoisotopic (exact) mass is 508 g/mol. The second kappa shape index (κ2) is 9.52. The van der Waals surface area contributed by atoms with Gasteiger partial charge in [0.05, 0.1) is 33.4 Å². The number of fused-ring (bicyclic) bond motifs is 2. The fourth-order valence-corrected chi connectivity index (χ4v) is 4.51. The van der Waals surface area contributed by atoms with Gasteiger partial charge < -0.3 is 35.1 Å². The van der Waals surface area contributed by atoms with Crippen molar-refractivity contribution < 1.29 is 4.79 Å². The standard InChI is InChI=1S/C27H28N10O/c1-28-8-9-29-17-5-7-20-22(13-17)34-24(32-20)16-4-6-19-21(12-16)35-25(33-19)23-14-18(15-37(23)3)31-27(38)26-30-10-11-36(26)2/h4-7,10-15,28-29H,8-9H2,1-3H3,(H,31,38)(H,32,34)(H,33,35). The molecule has 6 aromatic rings. The smallest absolute Gasteiger partial charge is 0.291 e. The Morgan fingerprint density at radius 3 is 2.45 bits per heavy atom. The van der Waals surface area contributed by atoms with Crippen LogP contribution in [0.15, 0.2) is 61.1 Å². The van der Waals surface area contributed by atoms with Crippen molar-refractivity contribution in [1.29, 1.82) is 0 Å². The number of likely N-dealkylation sites (N-methyl/N-ethyl adjacent to an activating group) is 1. The Hall–Kier alpha value is -4.90. The Morgan fingerprint density at radius 2 is 1.66 bits per heavy atom. The van der Waals surface area contributed by atoms with E-state index in [1.165, 1.54) is 0 Å². The van der Waals surface area contributed by atoms with Gasteiger partial charge in [-0.2, -0.15) is 0 Å². The van der Waals surface area contributed by atoms with Gasteiger partial charge in [-0.15, -0.1) is 0 Å². The number of anilines is 2. The van der Waals surface area contributed by atoms with Crippen LogP contribution in [0.5, 0.6) is 0 Å². The van der Waals surface area contributed by atoms with E-state index in [1.54, 1.807) is 24.0 Å². The Balaban J connectivity index is 1.25. The fraction of sp³-hybridized carbons (Fsp3) is 0.185. The SMILES string of the molecule is CNCCNc1ccc2nc(-c3ccc4nc(-c5cc(NC(=O)c6nccn6C)cn5C)[nH]c4c3)[nH]c2c1. The highest BCUT2D eigenvalue weighted by Crippen LogP contribution is 2.28. The lowest BCUT2D eigenvalue weighted by atomic mass is 10.2. The summed E-state index contributed by atoms with van der Waals surface area (Å²) in [5.41, 5.74) is 7.15. The number of H-pyrrole nitrogens is 2. The molecule has 0 bridgehead atoms. The van der Waals surface area contributed by atoms with Gasteiger partial charge in [0.15, 0.2) is 11.6 Å². The molecular weight excluding hydrogens is 480 g/mol. The van der Waals surface area contributed by atoms with Crippen molar-refractivity contribution in [3.05, 3.63) is 66.9 Å². The number of carbonyl (C=O) groups is 1. The topological polar surface area (TPSA) is 133 Å². The Morgan fingerprint density at radius 1 is 0.895 bits per heavy atom. The number of rotatable bonds is 8. The van der Waals surface area contributed by atoms with Crippen molar-refractivity contribution in [1.82, 2.24) is 39.4 Å². The number of imidazole rings is 3. The molecule has 4 heterocycles. The summed E-state index contributed by atoms with van der Waals surface area (Å²) in [7, 11) is 5.64. The number of benzene rings is 2. The zero-order valence-corrected chi connectivity index (χ0v) is 21.3. The molecular formula is C27H28N10O. The first-order chi connectivity index (χ1) is 18.5. The Labute approximate surface area is 218 Å². The molecule has 1 amide bonds. The van der Waals surface area contributed by atoms with Crippen LogP contribution in [-0.2, 0) is 14.1 Å². The van der Waals surface area contributed by atoms with Crippen LogP contribution >= 0.6 is 0 Å². The average Bonchev–Trinajstić information content (AvgIpc) is 3.68. The zero-order valence-electron chi connectivity index (χ0n) is 21.3. The van der Waals surface area contributed by atoms with E-state index in [-0.39, 0.29) is 5.91 Å². The van der Waals surface area contributed by atoms with E-state index in [1.807, 2.05) is 61.3 Å². The largest absolute Gasteiger partial charge is 0.384 e. The third kappa shape index (κ3) is 4.39. The highest BCUT2D eigenvalue weighted by atomic mass is 16.2. The maximum Gasteiger partial charge on any atom is 0.291 e. The molecule has 192 valence electrons. The maximum absolute atomic E-state index is 12.6. The number of aromatic amines is 2. The van der Waals surface area contributed by atoms with E-state index in [9.17, 15) is 4.79 Å². The summed E-state index contributed by atoms with van der Waals surface area (Å²) in [6.07, 6.45) is 5.19. The number of hydrogen-bond acceptors (Lipinski definition) is 6. The third-order valence-electron chi connectivity index (χ3n) is 6.47. The highest BCUT2D eigenvalue weighted by Gasteiger charge is 2.16. The maximum atomic E-state index is 12.6. The predicted molar refractivity (Wildman–Crippen MR) is 149 cm³/mol. The summed E-state index contributed by atoms with van der Waals surface area (Å²) in [4.78, 5) is 33.1. The predicted octanol–water partition coefficient (Wildman–Crippen LogP) is 3.73. The molecule has 0 atom stereocenters. The van der Waals surface area contributed by atoms with E-state index in [2.05, 4.69) is 37.0 Å². The van der Waals surface area contributed by atoms with Crippen LogP contribution in [0.1, 0.15) is 10.6 Å². The zero-order chi connectivity index (χ0) is 26.2. The van der Waals surface area contributed by atoms with Crippen LogP contribution < -0.4 is 16.0 Å². The number of aromatic nitrogens is 7. The molecule has 5 N–H and O–H groups in total. The molecule has 2 aromatic carbocycles. The number of aryl methyl sites for hydroxylation is 2. The first-order valence-corrected chi connectivity index (χ1v) is 12.3. The second-order valence-corrected chi connectivity index (χ2v) is 9.21. The third-order valence-corrected chi connectivity index (χ3v) is 6.47. The van der Waals surface area contributed by atoms with Crippen LogP contribution in [0.2, 0.25) is 0 Å². The van der Waals surface area contributed by atoms with Crippen LogP contribution in [0.4, 0.5) is 11.4 Å². The normalized spacial score (nSPS) is 11.4. The van der Waals surface area contributed by atoms with Crippen molar-refractivity contribution in [2.24, 2.45) is 14.1 Å². The van der Waals surface area contributed by atoms with Crippen LogP contribution in [0.25, 0.3) is 45.0 Å². The molecule has 4 aromatic heterocycles. The molecule has 0 aliphatic rings. The molecule has 11 heteroatoms. The number of nitrogens with zero attached hydrogens (tertiary/aromatic N) is 5. The minimum Gasteiger partial charge on any atom is -0.384 e. The summed E-state index contributed by atoms with van der Waals surface area (Å²) >= 11 is 0. The lowest BCUT2D eigenvalue weighted by Crippen LogP contribution is -2.17. The van der Waals surface area contributed by atoms with E-state index in [0.717, 1.165) is 57.9 Å². The molecule has 0 saturated heterocycles. The molecule has 6 rings (SSSR count). The molecule has 38 heavy (non-hydrogen) atoms. The average molecular weight is 509 g/mol. The first-order valence-electron chi connectivity index (χ1n) is 12.3. The van der Waals surface area contributed by atoms with Crippen LogP contribution in [0.3, 0.4) is 0 Å². The van der Waals surface area contributed by atoms with Crippen molar-refractivity contribution in [3.63, 3.8) is 0 Å². The number of carbonyl (C=O) groups excluding carboxylic acids is 1. The summed E-state index contributed by atoms with van der Waals surface area (Å²) < 4.78 is 3.60. The van der Waals surface area contributed by atoms with Crippen molar-refractivity contribution in [2.45, 2.75) is 0 Å². The minimum atomic E-state index is -0.268. The summed E-state index contributed by atoms with van der Waals surface area (Å²) in [6, 6.07) is 14.1. The molecule has 0 aliphatic carbocycles. The molecule has 0 aliphatic heterocycles. The van der Waals surface area contributed by atoms with Gasteiger partial charge in [-0.1, -0.05) is 0 Å². The quantitative estimate of drug-likeness (QED) is 0.199. The minimum absolute atomic E-state index is 0.268. The molecule has 11 nitrogen and oxygen atoms in total. The van der Waals surface area contributed by atoms with Crippen molar-refractivity contribution in [2.75, 3.05) is 30.8 Å². The van der Waals surface area contributed by atoms with Gasteiger partial charge in [0.1, 0.15) is 5.82 Å². The van der Waals surface area contributed by atoms with Crippen LogP contribution in [-0.4, -0.2) is 60.1 Å². The molecule has 0 fully saturated rings. The van der Waals surface area contributed by atoms with Gasteiger partial charge in [0.2, 0.25) is 0 Å². The lowest BCUT2D eigenvalue weighted by Gasteiger charge is -2.05. The van der Waals surface area contributed by atoms with Crippen molar-refractivity contribution >= 4 is 39.3 Å². The van der Waals surface area contributed by atoms with Crippen LogP contribution in [0, 0.1) is 0 Å². The number of amides is 1. The fourth-order valence-electron chi connectivity index (χ4n) is 4.51. The van der Waals surface area contributed by atoms with Crippen molar-refractivity contribution in [3.8, 4) is 22.9 Å². The van der Waals surface area contributed by atoms with Gasteiger partial charge in [0, 0.05) is 57.0 Å². The highest BCUT2D eigenvalue weighted by molar-refractivity contribution is 6.02. The van der Waals surface area contributed by atoms with Gasteiger partial charge in [-0.25, -0.2) is 15.0 Å². The lowest BCUT2D eigenvalue weighted by molar-refractivity contribution is 0.101. The van der Waals surface area contributed by atoms with Gasteiger partial charge in [0.25, 0.3) is 5.91 Å². The summed E-state index contributed by atoms with van der Waals surface area (Å²) in [6.45, 7) is 1.74. The van der Waals surface area contributed by atoms with E-state index < -0.39 is 0 Å².